The van der Waals surface area contributed by atoms with Gasteiger partial charge in [0.05, 0.1) is 0 Å². The maximum atomic E-state index is 5.92. The Morgan fingerprint density at radius 3 is 2.62 bits per heavy atom. The molecule has 86 valence electrons. The van der Waals surface area contributed by atoms with Gasteiger partial charge in [-0.2, -0.15) is 0 Å². The number of hydrogen-bond acceptors (Lipinski definition) is 1. The minimum atomic E-state index is 0.209. The van der Waals surface area contributed by atoms with Crippen LogP contribution in [0.2, 0.25) is 0 Å². The standard InChI is InChI=1S/C15H20O/c1-12-4-6-13(7-5-12)16-14-8-10-15(2,3)11-9-14/h4-6,8-10,13H,7,11H2,1-3H3. The normalized spacial score (nSPS) is 27.3. The van der Waals surface area contributed by atoms with Gasteiger partial charge in [0, 0.05) is 6.42 Å². The lowest BCUT2D eigenvalue weighted by atomic mass is 9.86. The first kappa shape index (κ1) is 11.3. The van der Waals surface area contributed by atoms with E-state index in [-0.39, 0.29) is 11.5 Å². The topological polar surface area (TPSA) is 9.23 Å². The van der Waals surface area contributed by atoms with Gasteiger partial charge < -0.3 is 4.74 Å². The van der Waals surface area contributed by atoms with Crippen molar-refractivity contribution in [2.45, 2.75) is 39.7 Å². The van der Waals surface area contributed by atoms with Crippen molar-refractivity contribution in [3.8, 4) is 0 Å². The Balaban J connectivity index is 1.91. The first-order valence-electron chi connectivity index (χ1n) is 5.96. The Kier molecular flexibility index (Phi) is 3.04. The number of rotatable bonds is 2. The Hall–Kier alpha value is -1.24. The van der Waals surface area contributed by atoms with E-state index in [4.69, 9.17) is 4.74 Å². The molecule has 0 amide bonds. The van der Waals surface area contributed by atoms with Crippen LogP contribution >= 0.6 is 0 Å². The van der Waals surface area contributed by atoms with Gasteiger partial charge in [-0.3, -0.25) is 0 Å². The maximum Gasteiger partial charge on any atom is 0.121 e. The molecule has 16 heavy (non-hydrogen) atoms. The van der Waals surface area contributed by atoms with Gasteiger partial charge in [0.2, 0.25) is 0 Å². The highest BCUT2D eigenvalue weighted by atomic mass is 16.5. The van der Waals surface area contributed by atoms with Crippen LogP contribution in [-0.4, -0.2) is 6.10 Å². The van der Waals surface area contributed by atoms with Crippen molar-refractivity contribution in [3.63, 3.8) is 0 Å². The summed E-state index contributed by atoms with van der Waals surface area (Å²) < 4.78 is 5.92. The maximum absolute atomic E-state index is 5.92. The predicted octanol–water partition coefficient (Wildman–Crippen LogP) is 4.15. The van der Waals surface area contributed by atoms with Crippen molar-refractivity contribution in [1.29, 1.82) is 0 Å². The summed E-state index contributed by atoms with van der Waals surface area (Å²) in [5.74, 6) is 1.02. The summed E-state index contributed by atoms with van der Waals surface area (Å²) in [4.78, 5) is 0. The van der Waals surface area contributed by atoms with Crippen molar-refractivity contribution in [3.05, 3.63) is 47.8 Å². The second kappa shape index (κ2) is 4.32. The highest BCUT2D eigenvalue weighted by Crippen LogP contribution is 2.29. The number of ether oxygens (including phenoxy) is 1. The fourth-order valence-corrected chi connectivity index (χ4v) is 1.86. The Bertz CT molecular complexity index is 380. The average molecular weight is 216 g/mol. The molecular formula is C15H20O. The molecule has 0 bridgehead atoms. The van der Waals surface area contributed by atoms with E-state index in [1.165, 1.54) is 5.57 Å². The van der Waals surface area contributed by atoms with Gasteiger partial charge in [-0.1, -0.05) is 37.6 Å². The molecular weight excluding hydrogens is 196 g/mol. The molecule has 0 heterocycles. The summed E-state index contributed by atoms with van der Waals surface area (Å²) >= 11 is 0. The molecule has 0 radical (unpaired) electrons. The van der Waals surface area contributed by atoms with Crippen LogP contribution in [-0.2, 0) is 4.74 Å². The number of hydrogen-bond donors (Lipinski definition) is 0. The van der Waals surface area contributed by atoms with Crippen molar-refractivity contribution >= 4 is 0 Å². The van der Waals surface area contributed by atoms with Crippen molar-refractivity contribution in [1.82, 2.24) is 0 Å². The molecule has 0 saturated carbocycles. The van der Waals surface area contributed by atoms with Gasteiger partial charge in [0.15, 0.2) is 0 Å². The zero-order chi connectivity index (χ0) is 11.6. The van der Waals surface area contributed by atoms with E-state index in [0.717, 1.165) is 18.6 Å². The third kappa shape index (κ3) is 2.88. The number of allylic oxidation sites excluding steroid dienone is 5. The fraction of sp³-hybridized carbons (Fsp3) is 0.467. The van der Waals surface area contributed by atoms with Crippen LogP contribution in [0, 0.1) is 5.41 Å². The zero-order valence-electron chi connectivity index (χ0n) is 10.4. The molecule has 2 aliphatic carbocycles. The van der Waals surface area contributed by atoms with E-state index in [1.54, 1.807) is 0 Å². The van der Waals surface area contributed by atoms with Crippen LogP contribution in [0.5, 0.6) is 0 Å². The van der Waals surface area contributed by atoms with Crippen molar-refractivity contribution in [2.75, 3.05) is 0 Å². The third-order valence-electron chi connectivity index (χ3n) is 3.06. The predicted molar refractivity (Wildman–Crippen MR) is 68.0 cm³/mol. The summed E-state index contributed by atoms with van der Waals surface area (Å²) in [5.41, 5.74) is 1.61. The molecule has 0 aromatic rings. The lowest BCUT2D eigenvalue weighted by Crippen LogP contribution is -2.14. The Morgan fingerprint density at radius 2 is 2.06 bits per heavy atom. The van der Waals surface area contributed by atoms with Crippen LogP contribution in [0.25, 0.3) is 0 Å². The molecule has 0 spiro atoms. The molecule has 0 aromatic heterocycles. The van der Waals surface area contributed by atoms with Gasteiger partial charge in [-0.25, -0.2) is 0 Å². The smallest absolute Gasteiger partial charge is 0.121 e. The van der Waals surface area contributed by atoms with E-state index in [2.05, 4.69) is 57.2 Å². The van der Waals surface area contributed by atoms with Gasteiger partial charge in [-0.15, -0.1) is 0 Å². The minimum absolute atomic E-state index is 0.209. The van der Waals surface area contributed by atoms with E-state index in [9.17, 15) is 0 Å². The lowest BCUT2D eigenvalue weighted by Gasteiger charge is -2.25. The molecule has 1 nitrogen and oxygen atoms in total. The lowest BCUT2D eigenvalue weighted by molar-refractivity contribution is 0.162. The van der Waals surface area contributed by atoms with Gasteiger partial charge in [-0.05, 0) is 37.0 Å². The van der Waals surface area contributed by atoms with Crippen LogP contribution in [0.1, 0.15) is 33.6 Å². The second-order valence-corrected chi connectivity index (χ2v) is 5.33. The second-order valence-electron chi connectivity index (χ2n) is 5.33. The van der Waals surface area contributed by atoms with Crippen molar-refractivity contribution in [2.24, 2.45) is 5.41 Å². The first-order valence-corrected chi connectivity index (χ1v) is 5.96. The summed E-state index contributed by atoms with van der Waals surface area (Å²) in [5, 5.41) is 0. The Labute approximate surface area is 98.2 Å². The fourth-order valence-electron chi connectivity index (χ4n) is 1.86. The minimum Gasteiger partial charge on any atom is -0.486 e. The molecule has 1 unspecified atom stereocenters. The highest BCUT2D eigenvalue weighted by Gasteiger charge is 2.18. The summed E-state index contributed by atoms with van der Waals surface area (Å²) in [6.45, 7) is 6.60. The van der Waals surface area contributed by atoms with Crippen LogP contribution < -0.4 is 0 Å². The Morgan fingerprint density at radius 1 is 1.25 bits per heavy atom. The third-order valence-corrected chi connectivity index (χ3v) is 3.06. The molecule has 0 aromatic carbocycles. The molecule has 0 saturated heterocycles. The van der Waals surface area contributed by atoms with E-state index in [0.29, 0.717) is 0 Å². The quantitative estimate of drug-likeness (QED) is 0.674. The molecule has 1 heteroatoms. The van der Waals surface area contributed by atoms with Crippen LogP contribution in [0.15, 0.2) is 47.8 Å². The highest BCUT2D eigenvalue weighted by molar-refractivity contribution is 5.25. The van der Waals surface area contributed by atoms with Crippen LogP contribution in [0.4, 0.5) is 0 Å². The molecule has 1 atom stereocenters. The van der Waals surface area contributed by atoms with E-state index < -0.39 is 0 Å². The molecule has 2 aliphatic rings. The van der Waals surface area contributed by atoms with Gasteiger partial charge >= 0.3 is 0 Å². The van der Waals surface area contributed by atoms with E-state index in [1.807, 2.05) is 0 Å². The van der Waals surface area contributed by atoms with Gasteiger partial charge in [0.25, 0.3) is 0 Å². The van der Waals surface area contributed by atoms with E-state index >= 15 is 0 Å². The zero-order valence-corrected chi connectivity index (χ0v) is 10.4. The summed E-state index contributed by atoms with van der Waals surface area (Å²) in [6, 6.07) is 0. The van der Waals surface area contributed by atoms with Crippen LogP contribution in [0.3, 0.4) is 0 Å². The largest absolute Gasteiger partial charge is 0.486 e. The monoisotopic (exact) mass is 216 g/mol. The summed E-state index contributed by atoms with van der Waals surface area (Å²) in [7, 11) is 0. The molecule has 2 rings (SSSR count). The first-order chi connectivity index (χ1) is 7.55. The summed E-state index contributed by atoms with van der Waals surface area (Å²) in [6.07, 6.45) is 15.3. The van der Waals surface area contributed by atoms with Crippen molar-refractivity contribution < 1.29 is 4.74 Å². The SMILES string of the molecule is CC1=CCC(OC2=CCC(C)(C)C=C2)C=C1. The molecule has 0 aliphatic heterocycles. The van der Waals surface area contributed by atoms with Gasteiger partial charge in [0.1, 0.15) is 11.9 Å². The average Bonchev–Trinajstić information content (AvgIpc) is 2.24. The molecule has 0 N–H and O–H groups in total. The molecule has 0 fully saturated rings.